The second-order valence-corrected chi connectivity index (χ2v) is 9.85. The summed E-state index contributed by atoms with van der Waals surface area (Å²) in [6.07, 6.45) is 1.79. The Morgan fingerprint density at radius 1 is 1.05 bits per heavy atom. The molecule has 10 nitrogen and oxygen atoms in total. The van der Waals surface area contributed by atoms with Crippen molar-refractivity contribution in [2.45, 2.75) is 19.5 Å². The first kappa shape index (κ1) is 23.4. The summed E-state index contributed by atoms with van der Waals surface area (Å²) in [5, 5.41) is 14.5. The number of esters is 1. The van der Waals surface area contributed by atoms with Gasteiger partial charge in [0.2, 0.25) is 0 Å². The summed E-state index contributed by atoms with van der Waals surface area (Å²) in [4.78, 5) is 26.3. The van der Waals surface area contributed by atoms with E-state index in [0.29, 0.717) is 12.4 Å². The van der Waals surface area contributed by atoms with Crippen molar-refractivity contribution in [3.8, 4) is 0 Å². The number of para-hydroxylation sites is 1. The number of piperazine rings is 1. The van der Waals surface area contributed by atoms with E-state index in [2.05, 4.69) is 60.6 Å². The third-order valence-electron chi connectivity index (χ3n) is 6.56. The Kier molecular flexibility index (Phi) is 6.46. The highest BCUT2D eigenvalue weighted by atomic mass is 32.1. The number of carbonyl (C=O) groups excluding carboxylic acids is 1. The second-order valence-electron chi connectivity index (χ2n) is 8.85. The van der Waals surface area contributed by atoms with Crippen LogP contribution in [-0.4, -0.2) is 73.8 Å². The van der Waals surface area contributed by atoms with Crippen molar-refractivity contribution in [3.05, 3.63) is 72.2 Å². The van der Waals surface area contributed by atoms with Crippen molar-refractivity contribution in [2.75, 3.05) is 37.7 Å². The van der Waals surface area contributed by atoms with Crippen LogP contribution in [0.3, 0.4) is 0 Å². The monoisotopic (exact) mass is 514 g/mol. The van der Waals surface area contributed by atoms with Gasteiger partial charge < -0.3 is 9.64 Å². The Balaban J connectivity index is 1.31. The van der Waals surface area contributed by atoms with Crippen LogP contribution in [0.25, 0.3) is 21.1 Å². The molecular formula is C26H26N8O2S. The number of nitrogens with zero attached hydrogens (tertiary/aromatic N) is 8. The first-order valence-electron chi connectivity index (χ1n) is 12.3. The van der Waals surface area contributed by atoms with E-state index in [1.807, 2.05) is 24.3 Å². The molecule has 0 N–H and O–H groups in total. The normalized spacial score (nSPS) is 15.3. The van der Waals surface area contributed by atoms with E-state index in [4.69, 9.17) is 9.72 Å². The van der Waals surface area contributed by atoms with E-state index in [1.54, 1.807) is 29.1 Å². The van der Waals surface area contributed by atoms with Gasteiger partial charge in [-0.05, 0) is 53.2 Å². The molecule has 2 aromatic carbocycles. The molecule has 1 aliphatic heterocycles. The number of tetrazole rings is 1. The Morgan fingerprint density at radius 3 is 2.76 bits per heavy atom. The molecule has 3 aromatic heterocycles. The fourth-order valence-corrected chi connectivity index (χ4v) is 5.82. The van der Waals surface area contributed by atoms with Gasteiger partial charge in [0.05, 0.1) is 28.4 Å². The Labute approximate surface area is 217 Å². The first-order chi connectivity index (χ1) is 18.2. The Hall–Kier alpha value is -3.96. The predicted octanol–water partition coefficient (Wildman–Crippen LogP) is 3.31. The number of anilines is 1. The molecule has 1 atom stereocenters. The molecule has 0 aliphatic carbocycles. The number of rotatable bonds is 7. The number of benzene rings is 2. The van der Waals surface area contributed by atoms with Gasteiger partial charge in [0.15, 0.2) is 11.0 Å². The van der Waals surface area contributed by atoms with Crippen LogP contribution in [-0.2, 0) is 16.1 Å². The molecule has 11 heteroatoms. The summed E-state index contributed by atoms with van der Waals surface area (Å²) in [6.45, 7) is 5.29. The summed E-state index contributed by atoms with van der Waals surface area (Å²) >= 11 is 1.72. The van der Waals surface area contributed by atoms with Crippen LogP contribution < -0.4 is 4.90 Å². The van der Waals surface area contributed by atoms with Crippen LogP contribution in [0.5, 0.6) is 0 Å². The van der Waals surface area contributed by atoms with Crippen LogP contribution in [0, 0.1) is 0 Å². The molecule has 1 fully saturated rings. The van der Waals surface area contributed by atoms with Gasteiger partial charge in [-0.15, -0.1) is 5.10 Å². The quantitative estimate of drug-likeness (QED) is 0.303. The third kappa shape index (κ3) is 4.75. The van der Waals surface area contributed by atoms with E-state index in [-0.39, 0.29) is 18.6 Å². The first-order valence-corrected chi connectivity index (χ1v) is 13.1. The molecule has 0 saturated carbocycles. The number of ether oxygens (including phenoxy) is 1. The number of carbonyl (C=O) groups is 1. The summed E-state index contributed by atoms with van der Waals surface area (Å²) < 4.78 is 7.90. The molecule has 0 unspecified atom stereocenters. The highest BCUT2D eigenvalue weighted by molar-refractivity contribution is 7.22. The van der Waals surface area contributed by atoms with Crippen molar-refractivity contribution in [1.29, 1.82) is 0 Å². The van der Waals surface area contributed by atoms with Gasteiger partial charge in [-0.1, -0.05) is 35.6 Å². The van der Waals surface area contributed by atoms with Crippen LogP contribution >= 0.6 is 11.3 Å². The Bertz CT molecular complexity index is 1510. The molecule has 0 spiro atoms. The SMILES string of the molecule is CCOC(=O)Cn1nnnc1[C@H](c1ccc2ncccc2c1)N1CCN(c2nc3ccccc3s2)CC1. The van der Waals surface area contributed by atoms with Gasteiger partial charge in [0.25, 0.3) is 0 Å². The summed E-state index contributed by atoms with van der Waals surface area (Å²) in [5.41, 5.74) is 3.01. The molecule has 0 amide bonds. The van der Waals surface area contributed by atoms with E-state index in [9.17, 15) is 4.79 Å². The minimum atomic E-state index is -0.363. The smallest absolute Gasteiger partial charge is 0.327 e. The average Bonchev–Trinajstić information content (AvgIpc) is 3.56. The van der Waals surface area contributed by atoms with Crippen molar-refractivity contribution >= 4 is 43.6 Å². The fourth-order valence-electron chi connectivity index (χ4n) is 4.80. The zero-order valence-corrected chi connectivity index (χ0v) is 21.2. The summed E-state index contributed by atoms with van der Waals surface area (Å²) in [5.74, 6) is 0.253. The van der Waals surface area contributed by atoms with Crippen molar-refractivity contribution in [1.82, 2.24) is 35.1 Å². The molecule has 37 heavy (non-hydrogen) atoms. The van der Waals surface area contributed by atoms with Gasteiger partial charge >= 0.3 is 5.97 Å². The number of aromatic nitrogens is 6. The maximum atomic E-state index is 12.3. The minimum absolute atomic E-state index is 0.0342. The maximum absolute atomic E-state index is 12.3. The van der Waals surface area contributed by atoms with Gasteiger partial charge in [0, 0.05) is 37.8 Å². The predicted molar refractivity (Wildman–Crippen MR) is 141 cm³/mol. The fraction of sp³-hybridized carbons (Fsp3) is 0.308. The van der Waals surface area contributed by atoms with Crippen LogP contribution in [0.15, 0.2) is 60.8 Å². The van der Waals surface area contributed by atoms with Crippen LogP contribution in [0.2, 0.25) is 0 Å². The standard InChI is InChI=1S/C26H26N8O2S/c1-2-36-23(35)17-34-25(29-30-31-34)24(19-9-10-20-18(16-19)6-5-11-27-20)32-12-14-33(15-13-32)26-28-21-7-3-4-8-22(21)37-26/h3-11,16,24H,2,12-15,17H2,1H3/t24-/m0/s1. The molecule has 1 saturated heterocycles. The molecule has 5 aromatic rings. The molecular weight excluding hydrogens is 488 g/mol. The topological polar surface area (TPSA) is 102 Å². The molecule has 0 bridgehead atoms. The van der Waals surface area contributed by atoms with Crippen molar-refractivity contribution in [2.24, 2.45) is 0 Å². The Morgan fingerprint density at radius 2 is 1.92 bits per heavy atom. The van der Waals surface area contributed by atoms with Crippen LogP contribution in [0.1, 0.15) is 24.4 Å². The molecule has 188 valence electrons. The summed E-state index contributed by atoms with van der Waals surface area (Å²) in [7, 11) is 0. The van der Waals surface area contributed by atoms with E-state index < -0.39 is 0 Å². The third-order valence-corrected chi connectivity index (χ3v) is 7.66. The van der Waals surface area contributed by atoms with E-state index in [1.165, 1.54) is 4.70 Å². The largest absolute Gasteiger partial charge is 0.465 e. The van der Waals surface area contributed by atoms with Gasteiger partial charge in [0.1, 0.15) is 6.54 Å². The van der Waals surface area contributed by atoms with Gasteiger partial charge in [-0.25, -0.2) is 9.67 Å². The number of fused-ring (bicyclic) bond motifs is 2. The lowest BCUT2D eigenvalue weighted by Crippen LogP contribution is -2.48. The zero-order valence-electron chi connectivity index (χ0n) is 20.4. The van der Waals surface area contributed by atoms with Crippen molar-refractivity contribution in [3.63, 3.8) is 0 Å². The van der Waals surface area contributed by atoms with Crippen LogP contribution in [0.4, 0.5) is 5.13 Å². The molecule has 0 radical (unpaired) electrons. The summed E-state index contributed by atoms with van der Waals surface area (Å²) in [6, 6.07) is 18.2. The minimum Gasteiger partial charge on any atom is -0.465 e. The van der Waals surface area contributed by atoms with Gasteiger partial charge in [-0.2, -0.15) is 0 Å². The van der Waals surface area contributed by atoms with Gasteiger partial charge in [-0.3, -0.25) is 14.7 Å². The molecule has 6 rings (SSSR count). The lowest BCUT2D eigenvalue weighted by Gasteiger charge is -2.38. The maximum Gasteiger partial charge on any atom is 0.327 e. The number of pyridine rings is 1. The lowest BCUT2D eigenvalue weighted by molar-refractivity contribution is -0.144. The average molecular weight is 515 g/mol. The zero-order chi connectivity index (χ0) is 25.2. The van der Waals surface area contributed by atoms with E-state index >= 15 is 0 Å². The van der Waals surface area contributed by atoms with E-state index in [0.717, 1.165) is 53.3 Å². The number of hydrogen-bond donors (Lipinski definition) is 0. The van der Waals surface area contributed by atoms with Crippen molar-refractivity contribution < 1.29 is 9.53 Å². The second kappa shape index (κ2) is 10.2. The molecule has 4 heterocycles. The lowest BCUT2D eigenvalue weighted by atomic mass is 10.0. The number of hydrogen-bond acceptors (Lipinski definition) is 10. The highest BCUT2D eigenvalue weighted by Crippen LogP contribution is 2.33. The number of thiazole rings is 1. The molecule has 1 aliphatic rings. The highest BCUT2D eigenvalue weighted by Gasteiger charge is 2.32.